The van der Waals surface area contributed by atoms with Crippen LogP contribution in [0.25, 0.3) is 0 Å². The summed E-state index contributed by atoms with van der Waals surface area (Å²) in [7, 11) is 0. The lowest BCUT2D eigenvalue weighted by atomic mass is 10.2. The molecule has 0 spiro atoms. The van der Waals surface area contributed by atoms with Crippen LogP contribution in [0.1, 0.15) is 49.3 Å². The van der Waals surface area contributed by atoms with E-state index in [4.69, 9.17) is 9.98 Å². The molecular formula is C24H28N8O. The van der Waals surface area contributed by atoms with E-state index in [0.29, 0.717) is 30.1 Å². The predicted octanol–water partition coefficient (Wildman–Crippen LogP) is 2.56. The molecule has 1 atom stereocenters. The minimum Gasteiger partial charge on any atom is -0.350 e. The molecular weight excluding hydrogens is 416 g/mol. The van der Waals surface area contributed by atoms with E-state index in [9.17, 15) is 4.79 Å². The number of nitrogens with one attached hydrogen (secondary N) is 3. The SMILES string of the molecule is O=C(NCc1ccccc1)[C@@H]1CCCN1C1=NC(=Nc2cc(C3CC3)[nH]n2)C2=CCCN2N1. The smallest absolute Gasteiger partial charge is 0.243 e. The van der Waals surface area contributed by atoms with Crippen LogP contribution in [0.15, 0.2) is 58.2 Å². The van der Waals surface area contributed by atoms with Crippen molar-refractivity contribution in [1.29, 1.82) is 0 Å². The van der Waals surface area contributed by atoms with Crippen molar-refractivity contribution < 1.29 is 4.79 Å². The molecule has 3 N–H and O–H groups in total. The Morgan fingerprint density at radius 1 is 1.18 bits per heavy atom. The van der Waals surface area contributed by atoms with Crippen LogP contribution in [0.3, 0.4) is 0 Å². The van der Waals surface area contributed by atoms with Crippen LogP contribution in [-0.2, 0) is 11.3 Å². The van der Waals surface area contributed by atoms with Gasteiger partial charge in [0.05, 0.1) is 5.70 Å². The van der Waals surface area contributed by atoms with E-state index in [1.165, 1.54) is 12.8 Å². The number of amidine groups is 1. The third-order valence-electron chi connectivity index (χ3n) is 6.62. The van der Waals surface area contributed by atoms with Gasteiger partial charge in [-0.25, -0.2) is 4.99 Å². The molecule has 1 aromatic heterocycles. The van der Waals surface area contributed by atoms with Crippen molar-refractivity contribution in [3.8, 4) is 0 Å². The Kier molecular flexibility index (Phi) is 5.09. The highest BCUT2D eigenvalue weighted by Gasteiger charge is 2.37. The Morgan fingerprint density at radius 3 is 2.91 bits per heavy atom. The molecule has 2 fully saturated rings. The lowest BCUT2D eigenvalue weighted by Crippen LogP contribution is -2.56. The second-order valence-electron chi connectivity index (χ2n) is 9.02. The minimum absolute atomic E-state index is 0.0310. The number of likely N-dealkylation sites (tertiary alicyclic amines) is 1. The molecule has 2 aromatic rings. The van der Waals surface area contributed by atoms with Gasteiger partial charge >= 0.3 is 0 Å². The second-order valence-corrected chi connectivity index (χ2v) is 9.02. The number of guanidine groups is 1. The number of hydrazine groups is 1. The van der Waals surface area contributed by atoms with Gasteiger partial charge in [0.25, 0.3) is 0 Å². The quantitative estimate of drug-likeness (QED) is 0.658. The summed E-state index contributed by atoms with van der Waals surface area (Å²) in [6.07, 6.45) is 7.26. The number of aromatic amines is 1. The fourth-order valence-electron chi connectivity index (χ4n) is 4.69. The van der Waals surface area contributed by atoms with Gasteiger partial charge in [-0.3, -0.25) is 20.3 Å². The Morgan fingerprint density at radius 2 is 2.06 bits per heavy atom. The van der Waals surface area contributed by atoms with Crippen LogP contribution in [0.4, 0.5) is 5.82 Å². The van der Waals surface area contributed by atoms with E-state index in [0.717, 1.165) is 49.3 Å². The number of aliphatic imine (C=N–C) groups is 2. The van der Waals surface area contributed by atoms with Crippen LogP contribution in [0.5, 0.6) is 0 Å². The first-order valence-corrected chi connectivity index (χ1v) is 11.8. The fraction of sp³-hybridized carbons (Fsp3) is 0.417. The van der Waals surface area contributed by atoms with Gasteiger partial charge in [0.15, 0.2) is 11.7 Å². The third-order valence-corrected chi connectivity index (χ3v) is 6.62. The highest BCUT2D eigenvalue weighted by atomic mass is 16.2. The van der Waals surface area contributed by atoms with Crippen molar-refractivity contribution in [2.45, 2.75) is 50.6 Å². The zero-order chi connectivity index (χ0) is 22.2. The summed E-state index contributed by atoms with van der Waals surface area (Å²) in [5, 5.41) is 12.7. The summed E-state index contributed by atoms with van der Waals surface area (Å²) in [4.78, 5) is 24.7. The number of benzene rings is 1. The van der Waals surface area contributed by atoms with Gasteiger partial charge in [-0.15, -0.1) is 0 Å². The molecule has 1 aromatic carbocycles. The van der Waals surface area contributed by atoms with Crippen molar-refractivity contribution >= 4 is 23.5 Å². The van der Waals surface area contributed by atoms with Crippen LogP contribution in [-0.4, -0.2) is 56.9 Å². The number of carbonyl (C=O) groups is 1. The first-order chi connectivity index (χ1) is 16.2. The third kappa shape index (κ3) is 4.10. The van der Waals surface area contributed by atoms with Crippen LogP contribution in [0, 0.1) is 0 Å². The van der Waals surface area contributed by atoms with Gasteiger partial charge in [-0.05, 0) is 37.7 Å². The number of hydrogen-bond acceptors (Lipinski definition) is 6. The van der Waals surface area contributed by atoms with Crippen LogP contribution in [0.2, 0.25) is 0 Å². The zero-order valence-electron chi connectivity index (χ0n) is 18.5. The molecule has 4 heterocycles. The zero-order valence-corrected chi connectivity index (χ0v) is 18.5. The van der Waals surface area contributed by atoms with Gasteiger partial charge < -0.3 is 10.2 Å². The number of fused-ring (bicyclic) bond motifs is 1. The van der Waals surface area contributed by atoms with Crippen molar-refractivity contribution in [3.05, 3.63) is 59.4 Å². The van der Waals surface area contributed by atoms with Gasteiger partial charge in [0.2, 0.25) is 11.9 Å². The number of rotatable bonds is 5. The van der Waals surface area contributed by atoms with E-state index in [1.807, 2.05) is 36.4 Å². The average Bonchev–Trinajstić information content (AvgIpc) is 3.22. The normalized spacial score (nSPS) is 23.3. The molecule has 170 valence electrons. The van der Waals surface area contributed by atoms with Gasteiger partial charge in [0, 0.05) is 37.3 Å². The Hall–Kier alpha value is -3.62. The fourth-order valence-corrected chi connectivity index (χ4v) is 4.69. The maximum Gasteiger partial charge on any atom is 0.243 e. The van der Waals surface area contributed by atoms with E-state index in [-0.39, 0.29) is 11.9 Å². The molecule has 33 heavy (non-hydrogen) atoms. The van der Waals surface area contributed by atoms with Crippen molar-refractivity contribution in [2.24, 2.45) is 9.98 Å². The Balaban J connectivity index is 1.22. The molecule has 0 unspecified atom stereocenters. The molecule has 0 bridgehead atoms. The van der Waals surface area contributed by atoms with E-state index < -0.39 is 0 Å². The molecule has 9 nitrogen and oxygen atoms in total. The molecule has 4 aliphatic rings. The molecule has 1 aliphatic carbocycles. The van der Waals surface area contributed by atoms with Crippen LogP contribution < -0.4 is 10.7 Å². The number of carbonyl (C=O) groups excluding carboxylic acids is 1. The summed E-state index contributed by atoms with van der Waals surface area (Å²) in [6, 6.07) is 11.8. The molecule has 6 rings (SSSR count). The van der Waals surface area contributed by atoms with Crippen molar-refractivity contribution in [1.82, 2.24) is 30.8 Å². The molecule has 9 heteroatoms. The highest BCUT2D eigenvalue weighted by molar-refractivity contribution is 6.09. The maximum atomic E-state index is 13.0. The van der Waals surface area contributed by atoms with Crippen LogP contribution >= 0.6 is 0 Å². The predicted molar refractivity (Wildman–Crippen MR) is 126 cm³/mol. The Labute approximate surface area is 192 Å². The second kappa shape index (κ2) is 8.38. The van der Waals surface area contributed by atoms with Gasteiger partial charge in [-0.2, -0.15) is 10.1 Å². The lowest BCUT2D eigenvalue weighted by molar-refractivity contribution is -0.124. The Bertz CT molecular complexity index is 1130. The molecule has 0 radical (unpaired) electrons. The largest absolute Gasteiger partial charge is 0.350 e. The molecule has 1 saturated heterocycles. The highest BCUT2D eigenvalue weighted by Crippen LogP contribution is 2.40. The molecule has 1 amide bonds. The number of aromatic nitrogens is 2. The van der Waals surface area contributed by atoms with Crippen molar-refractivity contribution in [3.63, 3.8) is 0 Å². The first kappa shape index (κ1) is 20.0. The summed E-state index contributed by atoms with van der Waals surface area (Å²) < 4.78 is 0. The van der Waals surface area contributed by atoms with Gasteiger partial charge in [0.1, 0.15) is 6.04 Å². The number of amides is 1. The van der Waals surface area contributed by atoms with E-state index in [1.54, 1.807) is 0 Å². The summed E-state index contributed by atoms with van der Waals surface area (Å²) in [5.41, 5.74) is 6.63. The summed E-state index contributed by atoms with van der Waals surface area (Å²) in [5.74, 6) is 2.61. The number of H-pyrrole nitrogens is 1. The topological polar surface area (TPSA) is 101 Å². The molecule has 3 aliphatic heterocycles. The summed E-state index contributed by atoms with van der Waals surface area (Å²) >= 11 is 0. The first-order valence-electron chi connectivity index (χ1n) is 11.8. The average molecular weight is 445 g/mol. The lowest BCUT2D eigenvalue weighted by Gasteiger charge is -2.35. The van der Waals surface area contributed by atoms with Gasteiger partial charge in [-0.1, -0.05) is 36.4 Å². The maximum absolute atomic E-state index is 13.0. The van der Waals surface area contributed by atoms with Crippen molar-refractivity contribution in [2.75, 3.05) is 13.1 Å². The molecule has 1 saturated carbocycles. The number of nitrogens with zero attached hydrogens (tertiary/aromatic N) is 5. The number of hydrogen-bond donors (Lipinski definition) is 3. The monoisotopic (exact) mass is 444 g/mol. The summed E-state index contributed by atoms with van der Waals surface area (Å²) in [6.45, 7) is 2.15. The standard InChI is InChI=1S/C24H28N8O/c33-23(25-15-16-6-2-1-3-7-16)20-9-4-12-31(20)24-27-22(19-8-5-13-32(19)30-24)26-21-14-18(28-29-21)17-10-11-17/h1-3,6-8,14,17,20H,4-5,9-13,15H2,(H,25,33)(H2,26,27,28,29,30)/t20-/m0/s1. The van der Waals surface area contributed by atoms with E-state index >= 15 is 0 Å². The minimum atomic E-state index is -0.249. The van der Waals surface area contributed by atoms with E-state index in [2.05, 4.69) is 36.9 Å².